The first-order valence-electron chi connectivity index (χ1n) is 5.52. The van der Waals surface area contributed by atoms with Crippen LogP contribution in [0.15, 0.2) is 0 Å². The van der Waals surface area contributed by atoms with Gasteiger partial charge in [0.15, 0.2) is 0 Å². The summed E-state index contributed by atoms with van der Waals surface area (Å²) in [7, 11) is 5.08. The molecular formula is C11H23NO4. The molecule has 0 saturated carbocycles. The van der Waals surface area contributed by atoms with Gasteiger partial charge in [-0.3, -0.25) is 4.79 Å². The number of methoxy groups -OCH3 is 2. The second kappa shape index (κ2) is 10.9. The average Bonchev–Trinajstić information content (AvgIpc) is 2.28. The van der Waals surface area contributed by atoms with Crippen molar-refractivity contribution >= 4 is 5.97 Å². The summed E-state index contributed by atoms with van der Waals surface area (Å²) in [6.45, 7) is 3.70. The number of carbonyl (C=O) groups excluding carboxylic acids is 1. The van der Waals surface area contributed by atoms with Gasteiger partial charge in [0.25, 0.3) is 0 Å². The average molecular weight is 233 g/mol. The molecule has 0 N–H and O–H groups in total. The quantitative estimate of drug-likeness (QED) is 0.407. The summed E-state index contributed by atoms with van der Waals surface area (Å²) < 4.78 is 14.8. The van der Waals surface area contributed by atoms with E-state index in [1.54, 1.807) is 7.11 Å². The molecule has 0 saturated heterocycles. The van der Waals surface area contributed by atoms with Crippen molar-refractivity contribution < 1.29 is 19.0 Å². The van der Waals surface area contributed by atoms with Gasteiger partial charge in [-0.1, -0.05) is 0 Å². The highest BCUT2D eigenvalue weighted by Gasteiger charge is 2.02. The lowest BCUT2D eigenvalue weighted by molar-refractivity contribution is -0.140. The number of carbonyl (C=O) groups is 1. The minimum absolute atomic E-state index is 0.148. The van der Waals surface area contributed by atoms with Crippen molar-refractivity contribution in [1.29, 1.82) is 0 Å². The van der Waals surface area contributed by atoms with Crippen molar-refractivity contribution in [3.8, 4) is 0 Å². The zero-order valence-corrected chi connectivity index (χ0v) is 10.5. The van der Waals surface area contributed by atoms with Crippen LogP contribution in [-0.2, 0) is 19.0 Å². The number of esters is 1. The normalized spacial score (nSPS) is 10.8. The van der Waals surface area contributed by atoms with Gasteiger partial charge in [-0.05, 0) is 20.0 Å². The van der Waals surface area contributed by atoms with Crippen LogP contribution < -0.4 is 0 Å². The van der Waals surface area contributed by atoms with E-state index in [0.29, 0.717) is 26.2 Å². The number of hydrogen-bond acceptors (Lipinski definition) is 5. The molecule has 0 radical (unpaired) electrons. The van der Waals surface area contributed by atoms with Gasteiger partial charge in [-0.25, -0.2) is 0 Å². The number of ether oxygens (including phenoxy) is 3. The van der Waals surface area contributed by atoms with Crippen LogP contribution in [0.3, 0.4) is 0 Å². The fraction of sp³-hybridized carbons (Fsp3) is 0.909. The molecule has 0 fully saturated rings. The van der Waals surface area contributed by atoms with E-state index in [9.17, 15) is 4.79 Å². The SMILES string of the molecule is COCCOCCN(C)CCCC(=O)OC. The summed E-state index contributed by atoms with van der Waals surface area (Å²) in [5.41, 5.74) is 0. The number of likely N-dealkylation sites (N-methyl/N-ethyl adjacent to an activating group) is 1. The van der Waals surface area contributed by atoms with E-state index in [1.165, 1.54) is 7.11 Å². The molecule has 16 heavy (non-hydrogen) atoms. The summed E-state index contributed by atoms with van der Waals surface area (Å²) >= 11 is 0. The zero-order valence-electron chi connectivity index (χ0n) is 10.5. The summed E-state index contributed by atoms with van der Waals surface area (Å²) in [6, 6.07) is 0. The van der Waals surface area contributed by atoms with Gasteiger partial charge in [0, 0.05) is 20.1 Å². The Morgan fingerprint density at radius 1 is 1.12 bits per heavy atom. The summed E-state index contributed by atoms with van der Waals surface area (Å²) in [5.74, 6) is -0.148. The van der Waals surface area contributed by atoms with Crippen LogP contribution in [0.2, 0.25) is 0 Å². The maximum absolute atomic E-state index is 10.8. The lowest BCUT2D eigenvalue weighted by Crippen LogP contribution is -2.25. The number of rotatable bonds is 10. The molecule has 0 spiro atoms. The van der Waals surface area contributed by atoms with Gasteiger partial charge >= 0.3 is 5.97 Å². The third kappa shape index (κ3) is 9.89. The third-order valence-corrected chi connectivity index (χ3v) is 2.20. The highest BCUT2D eigenvalue weighted by atomic mass is 16.5. The molecule has 0 amide bonds. The molecule has 0 aliphatic rings. The van der Waals surface area contributed by atoms with E-state index in [0.717, 1.165) is 19.5 Å². The second-order valence-corrected chi connectivity index (χ2v) is 3.59. The molecule has 0 aromatic carbocycles. The molecular weight excluding hydrogens is 210 g/mol. The van der Waals surface area contributed by atoms with E-state index in [-0.39, 0.29) is 5.97 Å². The first-order valence-corrected chi connectivity index (χ1v) is 5.52. The van der Waals surface area contributed by atoms with Crippen molar-refractivity contribution in [2.24, 2.45) is 0 Å². The molecule has 0 bridgehead atoms. The van der Waals surface area contributed by atoms with Gasteiger partial charge in [-0.2, -0.15) is 0 Å². The van der Waals surface area contributed by atoms with Crippen LogP contribution in [0.5, 0.6) is 0 Å². The molecule has 0 unspecified atom stereocenters. The van der Waals surface area contributed by atoms with Crippen LogP contribution in [-0.4, -0.2) is 65.0 Å². The van der Waals surface area contributed by atoms with Gasteiger partial charge < -0.3 is 19.1 Å². The van der Waals surface area contributed by atoms with Crippen molar-refractivity contribution in [3.05, 3.63) is 0 Å². The van der Waals surface area contributed by atoms with E-state index < -0.39 is 0 Å². The van der Waals surface area contributed by atoms with Crippen molar-refractivity contribution in [2.45, 2.75) is 12.8 Å². The van der Waals surface area contributed by atoms with E-state index in [4.69, 9.17) is 9.47 Å². The van der Waals surface area contributed by atoms with Crippen molar-refractivity contribution in [3.63, 3.8) is 0 Å². The smallest absolute Gasteiger partial charge is 0.305 e. The van der Waals surface area contributed by atoms with E-state index in [1.807, 2.05) is 7.05 Å². The zero-order chi connectivity index (χ0) is 12.2. The number of nitrogens with zero attached hydrogens (tertiary/aromatic N) is 1. The molecule has 0 rings (SSSR count). The minimum atomic E-state index is -0.148. The fourth-order valence-corrected chi connectivity index (χ4v) is 1.17. The lowest BCUT2D eigenvalue weighted by atomic mass is 10.3. The van der Waals surface area contributed by atoms with Gasteiger partial charge in [0.2, 0.25) is 0 Å². The van der Waals surface area contributed by atoms with Crippen LogP contribution >= 0.6 is 0 Å². The van der Waals surface area contributed by atoms with Crippen LogP contribution in [0.25, 0.3) is 0 Å². The maximum atomic E-state index is 10.8. The molecule has 0 heterocycles. The first kappa shape index (κ1) is 15.3. The van der Waals surface area contributed by atoms with Crippen LogP contribution in [0.4, 0.5) is 0 Å². The minimum Gasteiger partial charge on any atom is -0.469 e. The Hall–Kier alpha value is -0.650. The van der Waals surface area contributed by atoms with E-state index in [2.05, 4.69) is 9.64 Å². The monoisotopic (exact) mass is 233 g/mol. The fourth-order valence-electron chi connectivity index (χ4n) is 1.17. The molecule has 0 aliphatic carbocycles. The molecule has 0 atom stereocenters. The molecule has 5 nitrogen and oxygen atoms in total. The Balaban J connectivity index is 3.24. The Labute approximate surface area is 97.7 Å². The molecule has 96 valence electrons. The van der Waals surface area contributed by atoms with Gasteiger partial charge in [0.05, 0.1) is 26.9 Å². The first-order chi connectivity index (χ1) is 7.70. The van der Waals surface area contributed by atoms with Crippen LogP contribution in [0.1, 0.15) is 12.8 Å². The van der Waals surface area contributed by atoms with Crippen molar-refractivity contribution in [1.82, 2.24) is 4.90 Å². The molecule has 0 aliphatic heterocycles. The number of hydrogen-bond donors (Lipinski definition) is 0. The maximum Gasteiger partial charge on any atom is 0.305 e. The standard InChI is InChI=1S/C11H23NO4/c1-12(6-4-5-11(13)15-3)7-8-16-10-9-14-2/h4-10H2,1-3H3. The Morgan fingerprint density at radius 3 is 2.50 bits per heavy atom. The summed E-state index contributed by atoms with van der Waals surface area (Å²) in [5, 5.41) is 0. The van der Waals surface area contributed by atoms with Gasteiger partial charge in [0.1, 0.15) is 0 Å². The summed E-state index contributed by atoms with van der Waals surface area (Å²) in [6.07, 6.45) is 1.30. The predicted molar refractivity (Wildman–Crippen MR) is 61.4 cm³/mol. The third-order valence-electron chi connectivity index (χ3n) is 2.20. The Bertz CT molecular complexity index is 175. The topological polar surface area (TPSA) is 48.0 Å². The van der Waals surface area contributed by atoms with Crippen LogP contribution in [0, 0.1) is 0 Å². The molecule has 5 heteroatoms. The van der Waals surface area contributed by atoms with Crippen molar-refractivity contribution in [2.75, 3.05) is 54.2 Å². The highest BCUT2D eigenvalue weighted by Crippen LogP contribution is 1.94. The summed E-state index contributed by atoms with van der Waals surface area (Å²) in [4.78, 5) is 13.0. The molecule has 0 aromatic rings. The van der Waals surface area contributed by atoms with E-state index >= 15 is 0 Å². The Morgan fingerprint density at radius 2 is 1.88 bits per heavy atom. The van der Waals surface area contributed by atoms with Gasteiger partial charge in [-0.15, -0.1) is 0 Å². The Kier molecular flexibility index (Phi) is 10.4. The lowest BCUT2D eigenvalue weighted by Gasteiger charge is -2.15. The molecule has 0 aromatic heterocycles. The second-order valence-electron chi connectivity index (χ2n) is 3.59. The predicted octanol–water partition coefficient (Wildman–Crippen LogP) is 0.534. The highest BCUT2D eigenvalue weighted by molar-refractivity contribution is 5.69. The largest absolute Gasteiger partial charge is 0.469 e.